The molecule has 1 heterocycles. The van der Waals surface area contributed by atoms with Crippen LogP contribution in [0, 0.1) is 0 Å². The lowest BCUT2D eigenvalue weighted by Gasteiger charge is -2.05. The lowest BCUT2D eigenvalue weighted by Crippen LogP contribution is -2.05. The van der Waals surface area contributed by atoms with Crippen LogP contribution in [0.25, 0.3) is 0 Å². The number of aromatic nitrogens is 2. The summed E-state index contributed by atoms with van der Waals surface area (Å²) in [6.07, 6.45) is 4.28. The maximum atomic E-state index is 10.6. The van der Waals surface area contributed by atoms with Crippen molar-refractivity contribution in [2.24, 2.45) is 7.05 Å². The van der Waals surface area contributed by atoms with Crippen molar-refractivity contribution in [1.29, 1.82) is 0 Å². The average Bonchev–Trinajstić information content (AvgIpc) is 2.76. The van der Waals surface area contributed by atoms with Crippen LogP contribution in [0.2, 0.25) is 0 Å². The Morgan fingerprint density at radius 2 is 1.95 bits per heavy atom. The first kappa shape index (κ1) is 13.3. The van der Waals surface area contributed by atoms with E-state index in [0.29, 0.717) is 6.42 Å². The molecule has 2 aromatic rings. The molecule has 0 amide bonds. The normalized spacial score (nSPS) is 10.6. The van der Waals surface area contributed by atoms with Crippen LogP contribution in [-0.4, -0.2) is 20.6 Å². The van der Waals surface area contributed by atoms with Gasteiger partial charge in [-0.05, 0) is 18.4 Å². The van der Waals surface area contributed by atoms with Crippen LogP contribution >= 0.6 is 0 Å². The smallest absolute Gasteiger partial charge is 0.303 e. The van der Waals surface area contributed by atoms with E-state index in [1.54, 1.807) is 6.20 Å². The van der Waals surface area contributed by atoms with Gasteiger partial charge in [0.1, 0.15) is 5.82 Å². The van der Waals surface area contributed by atoms with Crippen LogP contribution in [0.3, 0.4) is 0 Å². The van der Waals surface area contributed by atoms with Gasteiger partial charge < -0.3 is 9.67 Å². The number of carboxylic acid groups (broad SMARTS) is 1. The van der Waals surface area contributed by atoms with Crippen LogP contribution < -0.4 is 0 Å². The first-order valence-corrected chi connectivity index (χ1v) is 6.42. The fourth-order valence-corrected chi connectivity index (χ4v) is 2.09. The number of nitrogens with zero attached hydrogens (tertiary/aromatic N) is 2. The monoisotopic (exact) mass is 258 g/mol. The molecule has 0 aliphatic heterocycles. The van der Waals surface area contributed by atoms with Gasteiger partial charge in [-0.1, -0.05) is 30.3 Å². The van der Waals surface area contributed by atoms with Crippen molar-refractivity contribution in [1.82, 2.24) is 9.55 Å². The molecule has 0 aliphatic carbocycles. The van der Waals surface area contributed by atoms with E-state index in [2.05, 4.69) is 17.1 Å². The number of aliphatic carboxylic acids is 1. The Hall–Kier alpha value is -2.10. The number of rotatable bonds is 6. The maximum absolute atomic E-state index is 10.6. The highest BCUT2D eigenvalue weighted by atomic mass is 16.4. The van der Waals surface area contributed by atoms with Gasteiger partial charge in [-0.15, -0.1) is 0 Å². The van der Waals surface area contributed by atoms with Crippen molar-refractivity contribution < 1.29 is 9.90 Å². The zero-order valence-electron chi connectivity index (χ0n) is 11.0. The third-order valence-electron chi connectivity index (χ3n) is 3.26. The van der Waals surface area contributed by atoms with Crippen molar-refractivity contribution in [3.63, 3.8) is 0 Å². The summed E-state index contributed by atoms with van der Waals surface area (Å²) in [6.45, 7) is 0. The zero-order chi connectivity index (χ0) is 13.7. The third-order valence-corrected chi connectivity index (χ3v) is 3.26. The molecule has 0 saturated carbocycles. The quantitative estimate of drug-likeness (QED) is 0.864. The zero-order valence-corrected chi connectivity index (χ0v) is 11.0. The molecule has 19 heavy (non-hydrogen) atoms. The number of aryl methyl sites for hydroxylation is 3. The van der Waals surface area contributed by atoms with Crippen molar-refractivity contribution in [2.75, 3.05) is 0 Å². The Morgan fingerprint density at radius 3 is 2.63 bits per heavy atom. The SMILES string of the molecule is Cn1c(CCC(=O)O)cnc1CCc1ccccc1. The van der Waals surface area contributed by atoms with Gasteiger partial charge in [0, 0.05) is 25.4 Å². The van der Waals surface area contributed by atoms with Gasteiger partial charge in [0.15, 0.2) is 0 Å². The summed E-state index contributed by atoms with van der Waals surface area (Å²) < 4.78 is 2.01. The Morgan fingerprint density at radius 1 is 1.21 bits per heavy atom. The molecule has 4 heteroatoms. The number of imidazole rings is 1. The fourth-order valence-electron chi connectivity index (χ4n) is 2.09. The number of benzene rings is 1. The molecule has 0 unspecified atom stereocenters. The van der Waals surface area contributed by atoms with E-state index in [9.17, 15) is 4.79 Å². The summed E-state index contributed by atoms with van der Waals surface area (Å²) in [7, 11) is 1.95. The summed E-state index contributed by atoms with van der Waals surface area (Å²) in [4.78, 5) is 15.0. The van der Waals surface area contributed by atoms with Crippen molar-refractivity contribution in [3.05, 3.63) is 53.6 Å². The van der Waals surface area contributed by atoms with E-state index in [4.69, 9.17) is 5.11 Å². The Bertz CT molecular complexity index is 547. The van der Waals surface area contributed by atoms with E-state index < -0.39 is 5.97 Å². The first-order valence-electron chi connectivity index (χ1n) is 6.42. The van der Waals surface area contributed by atoms with Crippen molar-refractivity contribution in [3.8, 4) is 0 Å². The second-order valence-corrected chi connectivity index (χ2v) is 4.60. The summed E-state index contributed by atoms with van der Waals surface area (Å²) in [5.41, 5.74) is 2.27. The molecule has 2 rings (SSSR count). The first-order chi connectivity index (χ1) is 9.16. The molecule has 0 radical (unpaired) electrons. The van der Waals surface area contributed by atoms with Gasteiger partial charge in [0.05, 0.1) is 6.42 Å². The van der Waals surface area contributed by atoms with Crippen LogP contribution in [0.5, 0.6) is 0 Å². The van der Waals surface area contributed by atoms with Gasteiger partial charge in [-0.2, -0.15) is 0 Å². The number of carbonyl (C=O) groups is 1. The summed E-state index contributed by atoms with van der Waals surface area (Å²) >= 11 is 0. The summed E-state index contributed by atoms with van der Waals surface area (Å²) in [5.74, 6) is 0.233. The van der Waals surface area contributed by atoms with Gasteiger partial charge in [0.25, 0.3) is 0 Å². The molecule has 1 aromatic carbocycles. The molecule has 0 fully saturated rings. The lowest BCUT2D eigenvalue weighted by atomic mass is 10.1. The minimum atomic E-state index is -0.771. The van der Waals surface area contributed by atoms with Crippen molar-refractivity contribution >= 4 is 5.97 Å². The predicted molar refractivity (Wildman–Crippen MR) is 73.0 cm³/mol. The highest BCUT2D eigenvalue weighted by Crippen LogP contribution is 2.09. The number of hydrogen-bond donors (Lipinski definition) is 1. The van der Waals surface area contributed by atoms with Gasteiger partial charge in [0.2, 0.25) is 0 Å². The highest BCUT2D eigenvalue weighted by molar-refractivity contribution is 5.66. The van der Waals surface area contributed by atoms with E-state index in [1.165, 1.54) is 5.56 Å². The van der Waals surface area contributed by atoms with Crippen LogP contribution in [0.4, 0.5) is 0 Å². The second-order valence-electron chi connectivity index (χ2n) is 4.60. The molecular weight excluding hydrogens is 240 g/mol. The maximum Gasteiger partial charge on any atom is 0.303 e. The Kier molecular flexibility index (Phi) is 4.34. The van der Waals surface area contributed by atoms with Crippen LogP contribution in [-0.2, 0) is 31.1 Å². The standard InChI is InChI=1S/C15H18N2O2/c1-17-13(8-10-15(18)19)11-16-14(17)9-7-12-5-3-2-4-6-12/h2-6,11H,7-10H2,1H3,(H,18,19). The van der Waals surface area contributed by atoms with Crippen LogP contribution in [0.1, 0.15) is 23.5 Å². The topological polar surface area (TPSA) is 55.1 Å². The largest absolute Gasteiger partial charge is 0.481 e. The lowest BCUT2D eigenvalue weighted by molar-refractivity contribution is -0.136. The number of carboxylic acids is 1. The third kappa shape index (κ3) is 3.68. The van der Waals surface area contributed by atoms with E-state index in [-0.39, 0.29) is 6.42 Å². The van der Waals surface area contributed by atoms with Crippen LogP contribution in [0.15, 0.2) is 36.5 Å². The average molecular weight is 258 g/mol. The molecule has 100 valence electrons. The summed E-state index contributed by atoms with van der Waals surface area (Å²) in [6, 6.07) is 10.3. The molecular formula is C15H18N2O2. The summed E-state index contributed by atoms with van der Waals surface area (Å²) in [5, 5.41) is 8.69. The van der Waals surface area contributed by atoms with E-state index >= 15 is 0 Å². The fraction of sp³-hybridized carbons (Fsp3) is 0.333. The molecule has 0 aliphatic rings. The Balaban J connectivity index is 1.96. The molecule has 0 bridgehead atoms. The van der Waals surface area contributed by atoms with E-state index in [0.717, 1.165) is 24.4 Å². The van der Waals surface area contributed by atoms with Crippen molar-refractivity contribution in [2.45, 2.75) is 25.7 Å². The highest BCUT2D eigenvalue weighted by Gasteiger charge is 2.08. The molecule has 0 spiro atoms. The molecule has 4 nitrogen and oxygen atoms in total. The number of hydrogen-bond acceptors (Lipinski definition) is 2. The van der Waals surface area contributed by atoms with Gasteiger partial charge in [-0.25, -0.2) is 4.98 Å². The minimum absolute atomic E-state index is 0.150. The molecule has 0 saturated heterocycles. The minimum Gasteiger partial charge on any atom is -0.481 e. The molecule has 0 atom stereocenters. The Labute approximate surface area is 112 Å². The van der Waals surface area contributed by atoms with E-state index in [1.807, 2.05) is 29.8 Å². The predicted octanol–water partition coefficient (Wildman–Crippen LogP) is 2.22. The molecule has 1 N–H and O–H groups in total. The second kappa shape index (κ2) is 6.18. The molecule has 1 aromatic heterocycles. The van der Waals surface area contributed by atoms with Gasteiger partial charge in [-0.3, -0.25) is 4.79 Å². The van der Waals surface area contributed by atoms with Gasteiger partial charge >= 0.3 is 5.97 Å².